The minimum absolute atomic E-state index is 0.00787. The van der Waals surface area contributed by atoms with Crippen molar-refractivity contribution >= 4 is 10.0 Å². The number of rotatable bonds is 4. The minimum atomic E-state index is -3.50. The van der Waals surface area contributed by atoms with Crippen LogP contribution in [0.4, 0.5) is 0 Å². The molecule has 1 aliphatic rings. The van der Waals surface area contributed by atoms with Gasteiger partial charge in [0, 0.05) is 6.04 Å². The smallest absolute Gasteiger partial charge is 0.208 e. The lowest BCUT2D eigenvalue weighted by Gasteiger charge is -2.38. The normalized spacial score (nSPS) is 21.7. The van der Waals surface area contributed by atoms with Gasteiger partial charge >= 0.3 is 0 Å². The van der Waals surface area contributed by atoms with Gasteiger partial charge in [-0.25, -0.2) is 13.1 Å². The van der Waals surface area contributed by atoms with E-state index < -0.39 is 10.0 Å². The molecule has 1 fully saturated rings. The molecule has 1 aromatic rings. The van der Waals surface area contributed by atoms with Crippen molar-refractivity contribution in [2.24, 2.45) is 5.41 Å². The number of benzene rings is 1. The average Bonchev–Trinajstić information content (AvgIpc) is 2.42. The highest BCUT2D eigenvalue weighted by atomic mass is 32.2. The quantitative estimate of drug-likeness (QED) is 0.929. The molecule has 0 aliphatic heterocycles. The van der Waals surface area contributed by atoms with Crippen molar-refractivity contribution in [1.29, 1.82) is 5.26 Å². The Labute approximate surface area is 127 Å². The highest BCUT2D eigenvalue weighted by molar-refractivity contribution is 7.89. The first-order valence-corrected chi connectivity index (χ1v) is 8.82. The van der Waals surface area contributed by atoms with E-state index in [-0.39, 0.29) is 16.4 Å². The Bertz CT molecular complexity index is 627. The number of sulfonamides is 1. The summed E-state index contributed by atoms with van der Waals surface area (Å²) < 4.78 is 27.8. The molecule has 0 spiro atoms. The predicted octanol–water partition coefficient (Wildman–Crippen LogP) is 3.00. The maximum Gasteiger partial charge on any atom is 0.240 e. The van der Waals surface area contributed by atoms with E-state index in [4.69, 9.17) is 5.26 Å². The zero-order valence-electron chi connectivity index (χ0n) is 12.6. The second-order valence-electron chi connectivity index (χ2n) is 6.39. The average molecular weight is 306 g/mol. The number of hydrogen-bond acceptors (Lipinski definition) is 3. The van der Waals surface area contributed by atoms with Gasteiger partial charge in [0.25, 0.3) is 0 Å². The molecule has 1 aliphatic carbocycles. The molecule has 1 saturated carbocycles. The molecule has 1 unspecified atom stereocenters. The van der Waals surface area contributed by atoms with E-state index >= 15 is 0 Å². The fourth-order valence-electron chi connectivity index (χ4n) is 2.85. The Morgan fingerprint density at radius 2 is 1.95 bits per heavy atom. The fourth-order valence-corrected chi connectivity index (χ4v) is 4.29. The molecule has 1 aromatic carbocycles. The summed E-state index contributed by atoms with van der Waals surface area (Å²) in [6.07, 6.45) is 4.45. The molecular formula is C16H22N2O2S. The molecule has 0 aromatic heterocycles. The first-order valence-electron chi connectivity index (χ1n) is 7.33. The maximum atomic E-state index is 12.5. The topological polar surface area (TPSA) is 70.0 Å². The van der Waals surface area contributed by atoms with Crippen LogP contribution in [0.3, 0.4) is 0 Å². The van der Waals surface area contributed by atoms with E-state index in [0.29, 0.717) is 6.42 Å². The van der Waals surface area contributed by atoms with Crippen molar-refractivity contribution in [2.75, 3.05) is 0 Å². The fraction of sp³-hybridized carbons (Fsp3) is 0.562. The lowest BCUT2D eigenvalue weighted by Crippen LogP contribution is -2.46. The van der Waals surface area contributed by atoms with Gasteiger partial charge in [0.15, 0.2) is 0 Å². The van der Waals surface area contributed by atoms with Crippen molar-refractivity contribution in [3.8, 4) is 6.07 Å². The molecule has 0 amide bonds. The van der Waals surface area contributed by atoms with Crippen molar-refractivity contribution < 1.29 is 8.42 Å². The monoisotopic (exact) mass is 306 g/mol. The SMILES string of the molecule is CC1(C)CCCCC1NS(=O)(=O)c1ccc(CC#N)cc1. The summed E-state index contributed by atoms with van der Waals surface area (Å²) in [5.41, 5.74) is 0.820. The Morgan fingerprint density at radius 1 is 1.29 bits per heavy atom. The van der Waals surface area contributed by atoms with Gasteiger partial charge in [-0.3, -0.25) is 0 Å². The van der Waals surface area contributed by atoms with Gasteiger partial charge in [-0.05, 0) is 36.0 Å². The third-order valence-electron chi connectivity index (χ3n) is 4.32. The molecule has 5 heteroatoms. The molecule has 114 valence electrons. The minimum Gasteiger partial charge on any atom is -0.208 e. The molecule has 2 rings (SSSR count). The molecule has 1 N–H and O–H groups in total. The Morgan fingerprint density at radius 3 is 2.52 bits per heavy atom. The number of nitriles is 1. The van der Waals surface area contributed by atoms with Crippen LogP contribution in [0.15, 0.2) is 29.2 Å². The summed E-state index contributed by atoms with van der Waals surface area (Å²) in [4.78, 5) is 0.269. The standard InChI is InChI=1S/C16H22N2O2S/c1-16(2)11-4-3-5-15(16)18-21(19,20)14-8-6-13(7-9-14)10-12-17/h6-9,15,18H,3-5,10-11H2,1-2H3. The molecule has 0 saturated heterocycles. The van der Waals surface area contributed by atoms with Gasteiger partial charge in [-0.1, -0.05) is 38.8 Å². The first kappa shape index (κ1) is 16.0. The number of nitrogens with one attached hydrogen (secondary N) is 1. The second kappa shape index (κ2) is 6.17. The second-order valence-corrected chi connectivity index (χ2v) is 8.10. The van der Waals surface area contributed by atoms with Gasteiger partial charge in [0.2, 0.25) is 10.0 Å². The molecule has 21 heavy (non-hydrogen) atoms. The van der Waals surface area contributed by atoms with Crippen molar-refractivity contribution in [2.45, 2.75) is 56.9 Å². The van der Waals surface area contributed by atoms with Gasteiger partial charge in [0.1, 0.15) is 0 Å². The summed E-state index contributed by atoms with van der Waals surface area (Å²) in [6, 6.07) is 8.58. The highest BCUT2D eigenvalue weighted by Crippen LogP contribution is 2.36. The zero-order valence-corrected chi connectivity index (χ0v) is 13.4. The number of hydrogen-bond donors (Lipinski definition) is 1. The molecule has 1 atom stereocenters. The van der Waals surface area contributed by atoms with Gasteiger partial charge in [-0.2, -0.15) is 5.26 Å². The van der Waals surface area contributed by atoms with Crippen molar-refractivity contribution in [3.05, 3.63) is 29.8 Å². The van der Waals surface area contributed by atoms with Gasteiger partial charge in [0.05, 0.1) is 17.4 Å². The summed E-state index contributed by atoms with van der Waals surface area (Å²) in [5.74, 6) is 0. The van der Waals surface area contributed by atoms with Crippen molar-refractivity contribution in [1.82, 2.24) is 4.72 Å². The predicted molar refractivity (Wildman–Crippen MR) is 82.1 cm³/mol. The van der Waals surface area contributed by atoms with E-state index in [1.807, 2.05) is 0 Å². The van der Waals surface area contributed by atoms with E-state index in [0.717, 1.165) is 31.2 Å². The lowest BCUT2D eigenvalue weighted by atomic mass is 9.74. The Balaban J connectivity index is 2.16. The molecule has 0 heterocycles. The molecule has 4 nitrogen and oxygen atoms in total. The van der Waals surface area contributed by atoms with Crippen LogP contribution in [-0.4, -0.2) is 14.5 Å². The largest absolute Gasteiger partial charge is 0.240 e. The zero-order chi connectivity index (χ0) is 15.5. The highest BCUT2D eigenvalue weighted by Gasteiger charge is 2.35. The Hall–Kier alpha value is -1.38. The summed E-state index contributed by atoms with van der Waals surface area (Å²) in [6.45, 7) is 4.24. The van der Waals surface area contributed by atoms with Crippen LogP contribution >= 0.6 is 0 Å². The molecule has 0 bridgehead atoms. The number of nitrogens with zero attached hydrogens (tertiary/aromatic N) is 1. The van der Waals surface area contributed by atoms with E-state index in [1.54, 1.807) is 24.3 Å². The van der Waals surface area contributed by atoms with Crippen LogP contribution in [0.25, 0.3) is 0 Å². The van der Waals surface area contributed by atoms with E-state index in [1.165, 1.54) is 0 Å². The molecule has 0 radical (unpaired) electrons. The summed E-state index contributed by atoms with van der Waals surface area (Å²) >= 11 is 0. The summed E-state index contributed by atoms with van der Waals surface area (Å²) in [5, 5.41) is 8.64. The van der Waals surface area contributed by atoms with Gasteiger partial charge in [-0.15, -0.1) is 0 Å². The van der Waals surface area contributed by atoms with Crippen LogP contribution < -0.4 is 4.72 Å². The van der Waals surface area contributed by atoms with Crippen LogP contribution in [0.5, 0.6) is 0 Å². The maximum absolute atomic E-state index is 12.5. The van der Waals surface area contributed by atoms with Crippen LogP contribution in [0, 0.1) is 16.7 Å². The Kier molecular flexibility index (Phi) is 4.70. The third-order valence-corrected chi connectivity index (χ3v) is 5.81. The van der Waals surface area contributed by atoms with Crippen molar-refractivity contribution in [3.63, 3.8) is 0 Å². The van der Waals surface area contributed by atoms with E-state index in [2.05, 4.69) is 24.6 Å². The molecular weight excluding hydrogens is 284 g/mol. The van der Waals surface area contributed by atoms with Crippen LogP contribution in [0.2, 0.25) is 0 Å². The van der Waals surface area contributed by atoms with Crippen LogP contribution in [0.1, 0.15) is 45.1 Å². The first-order chi connectivity index (χ1) is 9.85. The lowest BCUT2D eigenvalue weighted by molar-refractivity contribution is 0.188. The summed E-state index contributed by atoms with van der Waals surface area (Å²) in [7, 11) is -3.50. The third kappa shape index (κ3) is 3.84. The van der Waals surface area contributed by atoms with Crippen LogP contribution in [-0.2, 0) is 16.4 Å². The van der Waals surface area contributed by atoms with E-state index in [9.17, 15) is 8.42 Å². The van der Waals surface area contributed by atoms with Gasteiger partial charge < -0.3 is 0 Å².